The van der Waals surface area contributed by atoms with Crippen molar-refractivity contribution < 1.29 is 14.3 Å². The van der Waals surface area contributed by atoms with E-state index in [2.05, 4.69) is 10.6 Å². The predicted molar refractivity (Wildman–Crippen MR) is 121 cm³/mol. The first kappa shape index (κ1) is 22.0. The van der Waals surface area contributed by atoms with Gasteiger partial charge >= 0.3 is 0 Å². The fourth-order valence-corrected chi connectivity index (χ4v) is 3.21. The van der Waals surface area contributed by atoms with Crippen LogP contribution in [-0.4, -0.2) is 18.4 Å². The van der Waals surface area contributed by atoms with Crippen LogP contribution in [0.5, 0.6) is 5.75 Å². The molecule has 3 aromatic rings. The zero-order valence-electron chi connectivity index (χ0n) is 15.8. The van der Waals surface area contributed by atoms with Crippen LogP contribution >= 0.6 is 34.8 Å². The summed E-state index contributed by atoms with van der Waals surface area (Å²) >= 11 is 17.9. The minimum atomic E-state index is -0.387. The molecule has 3 rings (SSSR count). The molecule has 0 saturated heterocycles. The molecule has 3 aromatic carbocycles. The number of anilines is 2. The van der Waals surface area contributed by atoms with Crippen molar-refractivity contribution in [2.45, 2.75) is 6.92 Å². The third-order valence-electron chi connectivity index (χ3n) is 4.08. The minimum Gasteiger partial charge on any atom is -0.484 e. The number of hydrogen-bond acceptors (Lipinski definition) is 3. The van der Waals surface area contributed by atoms with Crippen molar-refractivity contribution in [3.05, 3.63) is 86.9 Å². The Morgan fingerprint density at radius 2 is 1.60 bits per heavy atom. The number of rotatable bonds is 6. The van der Waals surface area contributed by atoms with Gasteiger partial charge in [-0.2, -0.15) is 0 Å². The van der Waals surface area contributed by atoms with Gasteiger partial charge in [0, 0.05) is 21.4 Å². The molecule has 0 saturated carbocycles. The summed E-state index contributed by atoms with van der Waals surface area (Å²) in [6, 6.07) is 16.5. The lowest BCUT2D eigenvalue weighted by molar-refractivity contribution is -0.118. The van der Waals surface area contributed by atoms with Crippen molar-refractivity contribution in [3.8, 4) is 5.75 Å². The second kappa shape index (κ2) is 9.85. The maximum atomic E-state index is 12.4. The van der Waals surface area contributed by atoms with Gasteiger partial charge in [0.25, 0.3) is 11.8 Å². The smallest absolute Gasteiger partial charge is 0.262 e. The number of halogens is 3. The molecule has 0 aromatic heterocycles. The van der Waals surface area contributed by atoms with Gasteiger partial charge in [-0.15, -0.1) is 0 Å². The zero-order chi connectivity index (χ0) is 21.7. The van der Waals surface area contributed by atoms with Gasteiger partial charge in [0.1, 0.15) is 5.75 Å². The molecule has 0 bridgehead atoms. The highest BCUT2D eigenvalue weighted by atomic mass is 35.5. The van der Waals surface area contributed by atoms with Crippen LogP contribution in [0.15, 0.2) is 60.7 Å². The number of hydrogen-bond donors (Lipinski definition) is 2. The van der Waals surface area contributed by atoms with E-state index in [4.69, 9.17) is 39.5 Å². The van der Waals surface area contributed by atoms with Crippen molar-refractivity contribution in [2.75, 3.05) is 17.2 Å². The van der Waals surface area contributed by atoms with E-state index in [-0.39, 0.29) is 23.4 Å². The maximum absolute atomic E-state index is 12.4. The van der Waals surface area contributed by atoms with Crippen LogP contribution in [0.4, 0.5) is 11.4 Å². The number of ether oxygens (including phenoxy) is 1. The molecule has 0 aliphatic rings. The molecular weight excluding hydrogens is 447 g/mol. The summed E-state index contributed by atoms with van der Waals surface area (Å²) in [5.41, 5.74) is 2.16. The van der Waals surface area contributed by atoms with Crippen LogP contribution in [0.2, 0.25) is 15.1 Å². The van der Waals surface area contributed by atoms with E-state index in [1.165, 1.54) is 6.07 Å². The molecule has 0 aliphatic carbocycles. The number of amides is 2. The largest absolute Gasteiger partial charge is 0.484 e. The summed E-state index contributed by atoms with van der Waals surface area (Å²) in [5, 5.41) is 6.79. The summed E-state index contributed by atoms with van der Waals surface area (Å²) < 4.78 is 5.49. The number of nitrogens with one attached hydrogen (secondary N) is 2. The quantitative estimate of drug-likeness (QED) is 0.456. The van der Waals surface area contributed by atoms with Crippen LogP contribution in [0, 0.1) is 6.92 Å². The van der Waals surface area contributed by atoms with Gasteiger partial charge < -0.3 is 15.4 Å². The first-order valence-corrected chi connectivity index (χ1v) is 10.0. The van der Waals surface area contributed by atoms with E-state index < -0.39 is 0 Å². The zero-order valence-corrected chi connectivity index (χ0v) is 18.1. The lowest BCUT2D eigenvalue weighted by Crippen LogP contribution is -2.20. The Morgan fingerprint density at radius 3 is 2.30 bits per heavy atom. The fourth-order valence-electron chi connectivity index (χ4n) is 2.60. The molecule has 0 heterocycles. The Kier molecular flexibility index (Phi) is 7.21. The second-order valence-corrected chi connectivity index (χ2v) is 7.66. The molecule has 2 amide bonds. The number of carbonyl (C=O) groups is 2. The third-order valence-corrected chi connectivity index (χ3v) is 5.05. The van der Waals surface area contributed by atoms with Gasteiger partial charge in [0.05, 0.1) is 10.6 Å². The van der Waals surface area contributed by atoms with Crippen molar-refractivity contribution >= 4 is 58.0 Å². The van der Waals surface area contributed by atoms with Crippen molar-refractivity contribution in [1.29, 1.82) is 0 Å². The molecule has 154 valence electrons. The molecule has 0 spiro atoms. The summed E-state index contributed by atoms with van der Waals surface area (Å²) in [6.07, 6.45) is 0. The third kappa shape index (κ3) is 5.89. The Morgan fingerprint density at radius 1 is 0.867 bits per heavy atom. The normalized spacial score (nSPS) is 10.4. The SMILES string of the molecule is Cc1cc(OCC(=O)Nc2cccc(NC(=O)c3ccc(Cl)cc3Cl)c2)ccc1Cl. The molecular formula is C22H17Cl3N2O3. The highest BCUT2D eigenvalue weighted by Gasteiger charge is 2.12. The first-order valence-electron chi connectivity index (χ1n) is 8.87. The van der Waals surface area contributed by atoms with Gasteiger partial charge in [-0.25, -0.2) is 0 Å². The monoisotopic (exact) mass is 462 g/mol. The lowest BCUT2D eigenvalue weighted by atomic mass is 10.2. The van der Waals surface area contributed by atoms with E-state index in [0.717, 1.165) is 5.56 Å². The van der Waals surface area contributed by atoms with Crippen molar-refractivity contribution in [3.63, 3.8) is 0 Å². The summed E-state index contributed by atoms with van der Waals surface area (Å²) in [4.78, 5) is 24.6. The van der Waals surface area contributed by atoms with Gasteiger partial charge in [0.2, 0.25) is 0 Å². The molecule has 0 radical (unpaired) electrons. The Labute approximate surface area is 188 Å². The molecule has 2 N–H and O–H groups in total. The minimum absolute atomic E-state index is 0.169. The molecule has 0 fully saturated rings. The van der Waals surface area contributed by atoms with Crippen LogP contribution in [0.3, 0.4) is 0 Å². The first-order chi connectivity index (χ1) is 14.3. The maximum Gasteiger partial charge on any atom is 0.262 e. The topological polar surface area (TPSA) is 67.4 Å². The average molecular weight is 464 g/mol. The Balaban J connectivity index is 1.59. The second-order valence-electron chi connectivity index (χ2n) is 6.41. The predicted octanol–water partition coefficient (Wildman–Crippen LogP) is 6.23. The average Bonchev–Trinajstić information content (AvgIpc) is 2.69. The number of benzene rings is 3. The molecule has 8 heteroatoms. The molecule has 0 atom stereocenters. The van der Waals surface area contributed by atoms with Crippen molar-refractivity contribution in [2.24, 2.45) is 0 Å². The van der Waals surface area contributed by atoms with E-state index in [1.807, 2.05) is 6.92 Å². The number of carbonyl (C=O) groups excluding carboxylic acids is 2. The Bertz CT molecular complexity index is 1100. The Hall–Kier alpha value is -2.73. The van der Waals surface area contributed by atoms with Crippen LogP contribution in [-0.2, 0) is 4.79 Å². The summed E-state index contributed by atoms with van der Waals surface area (Å²) in [6.45, 7) is 1.68. The fraction of sp³-hybridized carbons (Fsp3) is 0.0909. The standard InChI is InChI=1S/C22H17Cl3N2O3/c1-13-9-17(6-8-19(13)24)30-12-21(28)26-15-3-2-4-16(11-15)27-22(29)18-7-5-14(23)10-20(18)25/h2-11H,12H2,1H3,(H,26,28)(H,27,29). The highest BCUT2D eigenvalue weighted by molar-refractivity contribution is 6.37. The van der Waals surface area contributed by atoms with Gasteiger partial charge in [0.15, 0.2) is 6.61 Å². The molecule has 0 aliphatic heterocycles. The summed E-state index contributed by atoms with van der Waals surface area (Å²) in [5.74, 6) is -0.179. The number of aryl methyl sites for hydroxylation is 1. The highest BCUT2D eigenvalue weighted by Crippen LogP contribution is 2.23. The van der Waals surface area contributed by atoms with E-state index in [0.29, 0.717) is 32.7 Å². The molecule has 0 unspecified atom stereocenters. The van der Waals surface area contributed by atoms with E-state index in [9.17, 15) is 9.59 Å². The van der Waals surface area contributed by atoms with Crippen LogP contribution in [0.25, 0.3) is 0 Å². The van der Waals surface area contributed by atoms with E-state index >= 15 is 0 Å². The summed E-state index contributed by atoms with van der Waals surface area (Å²) in [7, 11) is 0. The molecule has 30 heavy (non-hydrogen) atoms. The van der Waals surface area contributed by atoms with Crippen LogP contribution < -0.4 is 15.4 Å². The molecule has 5 nitrogen and oxygen atoms in total. The van der Waals surface area contributed by atoms with Gasteiger partial charge in [-0.1, -0.05) is 40.9 Å². The van der Waals surface area contributed by atoms with Gasteiger partial charge in [-0.05, 0) is 67.1 Å². The van der Waals surface area contributed by atoms with Gasteiger partial charge in [-0.3, -0.25) is 9.59 Å². The van der Waals surface area contributed by atoms with E-state index in [1.54, 1.807) is 54.6 Å². The van der Waals surface area contributed by atoms with Crippen molar-refractivity contribution in [1.82, 2.24) is 0 Å². The van der Waals surface area contributed by atoms with Crippen LogP contribution in [0.1, 0.15) is 15.9 Å². The lowest BCUT2D eigenvalue weighted by Gasteiger charge is -2.11.